The molecule has 0 bridgehead atoms. The van der Waals surface area contributed by atoms with Crippen molar-refractivity contribution in [1.82, 2.24) is 20.0 Å². The predicted octanol–water partition coefficient (Wildman–Crippen LogP) is 4.28. The van der Waals surface area contributed by atoms with Gasteiger partial charge in [-0.25, -0.2) is 4.68 Å². The van der Waals surface area contributed by atoms with E-state index < -0.39 is 0 Å². The highest BCUT2D eigenvalue weighted by Gasteiger charge is 2.17. The number of aromatic nitrogens is 4. The van der Waals surface area contributed by atoms with E-state index in [1.54, 1.807) is 6.07 Å². The van der Waals surface area contributed by atoms with Crippen LogP contribution in [-0.2, 0) is 6.54 Å². The van der Waals surface area contributed by atoms with Crippen molar-refractivity contribution < 1.29 is 4.42 Å². The summed E-state index contributed by atoms with van der Waals surface area (Å²) in [4.78, 5) is 13.0. The third kappa shape index (κ3) is 4.42. The maximum Gasteiger partial charge on any atom is 0.276 e. The number of unbranched alkanes of at least 4 members (excludes halogenated alkanes) is 2. The summed E-state index contributed by atoms with van der Waals surface area (Å²) in [7, 11) is 0. The summed E-state index contributed by atoms with van der Waals surface area (Å²) >= 11 is 1.46. The first-order valence-electron chi connectivity index (χ1n) is 9.63. The van der Waals surface area contributed by atoms with Crippen molar-refractivity contribution >= 4 is 22.5 Å². The third-order valence-corrected chi connectivity index (χ3v) is 5.47. The molecule has 0 saturated carbocycles. The SMILES string of the molecule is N#CCCCCSc1nnc(-c2nn(Cc3ccccc3)c(=O)c3ccccc23)o1. The molecule has 0 saturated heterocycles. The largest absolute Gasteiger partial charge is 0.410 e. The van der Waals surface area contributed by atoms with Crippen LogP contribution >= 0.6 is 11.8 Å². The Balaban J connectivity index is 1.66. The van der Waals surface area contributed by atoms with Crippen LogP contribution in [0.4, 0.5) is 0 Å². The highest BCUT2D eigenvalue weighted by atomic mass is 32.2. The summed E-state index contributed by atoms with van der Waals surface area (Å²) in [6, 6.07) is 19.2. The first-order valence-corrected chi connectivity index (χ1v) is 10.6. The van der Waals surface area contributed by atoms with Gasteiger partial charge >= 0.3 is 0 Å². The Morgan fingerprint density at radius 3 is 2.57 bits per heavy atom. The summed E-state index contributed by atoms with van der Waals surface area (Å²) in [5, 5.41) is 23.1. The van der Waals surface area contributed by atoms with Crippen LogP contribution in [0.15, 0.2) is 69.0 Å². The van der Waals surface area contributed by atoms with Gasteiger partial charge in [0, 0.05) is 17.6 Å². The van der Waals surface area contributed by atoms with Crippen molar-refractivity contribution in [2.75, 3.05) is 5.75 Å². The number of hydrogen-bond acceptors (Lipinski definition) is 7. The molecule has 0 aliphatic carbocycles. The van der Waals surface area contributed by atoms with E-state index in [0.29, 0.717) is 34.7 Å². The van der Waals surface area contributed by atoms with Gasteiger partial charge in [0.25, 0.3) is 16.7 Å². The van der Waals surface area contributed by atoms with Gasteiger partial charge in [0.2, 0.25) is 0 Å². The van der Waals surface area contributed by atoms with Crippen molar-refractivity contribution in [1.29, 1.82) is 5.26 Å². The van der Waals surface area contributed by atoms with Gasteiger partial charge < -0.3 is 4.42 Å². The molecule has 0 spiro atoms. The molecule has 0 amide bonds. The number of thioether (sulfide) groups is 1. The van der Waals surface area contributed by atoms with Gasteiger partial charge in [-0.2, -0.15) is 10.4 Å². The van der Waals surface area contributed by atoms with E-state index in [0.717, 1.165) is 24.2 Å². The van der Waals surface area contributed by atoms with Crippen LogP contribution in [0, 0.1) is 11.3 Å². The number of benzene rings is 2. The van der Waals surface area contributed by atoms with Crippen LogP contribution in [0.1, 0.15) is 24.8 Å². The minimum absolute atomic E-state index is 0.162. The second kappa shape index (κ2) is 9.37. The second-order valence-electron chi connectivity index (χ2n) is 6.68. The Morgan fingerprint density at radius 2 is 1.77 bits per heavy atom. The fourth-order valence-electron chi connectivity index (χ4n) is 3.09. The molecular formula is C22H19N5O2S. The highest BCUT2D eigenvalue weighted by Crippen LogP contribution is 2.27. The maximum atomic E-state index is 13.0. The number of rotatable bonds is 8. The Bertz CT molecular complexity index is 1240. The van der Waals surface area contributed by atoms with Gasteiger partial charge in [0.1, 0.15) is 0 Å². The lowest BCUT2D eigenvalue weighted by atomic mass is 10.1. The molecule has 2 aromatic carbocycles. The van der Waals surface area contributed by atoms with Crippen LogP contribution in [0.5, 0.6) is 0 Å². The molecule has 0 aliphatic heterocycles. The predicted molar refractivity (Wildman–Crippen MR) is 115 cm³/mol. The third-order valence-electron chi connectivity index (χ3n) is 4.56. The molecule has 7 nitrogen and oxygen atoms in total. The molecule has 30 heavy (non-hydrogen) atoms. The molecule has 8 heteroatoms. The monoisotopic (exact) mass is 417 g/mol. The number of nitrogens with zero attached hydrogens (tertiary/aromatic N) is 5. The molecule has 0 unspecified atom stereocenters. The van der Waals surface area contributed by atoms with Crippen LogP contribution in [0.25, 0.3) is 22.4 Å². The fraction of sp³-hybridized carbons (Fsp3) is 0.227. The number of fused-ring (bicyclic) bond motifs is 1. The minimum atomic E-state index is -0.162. The molecule has 0 atom stereocenters. The van der Waals surface area contributed by atoms with Crippen molar-refractivity contribution in [2.45, 2.75) is 31.0 Å². The van der Waals surface area contributed by atoms with E-state index in [-0.39, 0.29) is 11.4 Å². The zero-order chi connectivity index (χ0) is 20.8. The minimum Gasteiger partial charge on any atom is -0.410 e. The topological polar surface area (TPSA) is 97.6 Å². The zero-order valence-electron chi connectivity index (χ0n) is 16.2. The van der Waals surface area contributed by atoms with Crippen LogP contribution in [-0.4, -0.2) is 25.7 Å². The van der Waals surface area contributed by atoms with Crippen molar-refractivity contribution in [2.24, 2.45) is 0 Å². The fourth-order valence-corrected chi connectivity index (χ4v) is 3.85. The lowest BCUT2D eigenvalue weighted by Crippen LogP contribution is -2.24. The van der Waals surface area contributed by atoms with Gasteiger partial charge in [-0.3, -0.25) is 4.79 Å². The van der Waals surface area contributed by atoms with Gasteiger partial charge in [-0.05, 0) is 24.5 Å². The van der Waals surface area contributed by atoms with Gasteiger partial charge in [-0.15, -0.1) is 10.2 Å². The summed E-state index contributed by atoms with van der Waals surface area (Å²) in [5.41, 5.74) is 1.31. The van der Waals surface area contributed by atoms with Gasteiger partial charge in [0.05, 0.1) is 18.0 Å². The molecule has 4 aromatic rings. The molecule has 0 N–H and O–H groups in total. The lowest BCUT2D eigenvalue weighted by molar-refractivity contribution is 0.462. The molecule has 0 radical (unpaired) electrons. The zero-order valence-corrected chi connectivity index (χ0v) is 17.0. The van der Waals surface area contributed by atoms with E-state index in [2.05, 4.69) is 21.4 Å². The molecule has 0 aliphatic rings. The molecule has 0 fully saturated rings. The van der Waals surface area contributed by atoms with Crippen molar-refractivity contribution in [3.63, 3.8) is 0 Å². The normalized spacial score (nSPS) is 10.9. The van der Waals surface area contributed by atoms with E-state index >= 15 is 0 Å². The molecule has 4 rings (SSSR count). The molecule has 2 heterocycles. The van der Waals surface area contributed by atoms with E-state index in [1.165, 1.54) is 16.4 Å². The summed E-state index contributed by atoms with van der Waals surface area (Å²) in [6.07, 6.45) is 2.30. The quantitative estimate of drug-likeness (QED) is 0.312. The standard InChI is InChI=1S/C22H19N5O2S/c23-13-7-2-8-14-30-22-25-24-20(29-22)19-17-11-5-6-12-18(17)21(28)27(26-19)15-16-9-3-1-4-10-16/h1,3-6,9-12H,2,7-8,14-15H2. The lowest BCUT2D eigenvalue weighted by Gasteiger charge is -2.09. The Morgan fingerprint density at radius 1 is 1.00 bits per heavy atom. The number of nitriles is 1. The van der Waals surface area contributed by atoms with Gasteiger partial charge in [0.15, 0.2) is 5.69 Å². The van der Waals surface area contributed by atoms with E-state index in [1.807, 2.05) is 48.5 Å². The average molecular weight is 417 g/mol. The van der Waals surface area contributed by atoms with E-state index in [9.17, 15) is 4.79 Å². The van der Waals surface area contributed by atoms with Crippen LogP contribution < -0.4 is 5.56 Å². The number of hydrogen-bond donors (Lipinski definition) is 0. The Hall–Kier alpha value is -3.44. The Labute approximate surface area is 177 Å². The Kier molecular flexibility index (Phi) is 6.20. The average Bonchev–Trinajstić information content (AvgIpc) is 3.25. The summed E-state index contributed by atoms with van der Waals surface area (Å²) < 4.78 is 7.26. The van der Waals surface area contributed by atoms with Crippen molar-refractivity contribution in [3.8, 4) is 17.7 Å². The van der Waals surface area contributed by atoms with E-state index in [4.69, 9.17) is 9.68 Å². The summed E-state index contributed by atoms with van der Waals surface area (Å²) in [6.45, 7) is 0.353. The van der Waals surface area contributed by atoms with Crippen molar-refractivity contribution in [3.05, 3.63) is 70.5 Å². The maximum absolute atomic E-state index is 13.0. The van der Waals surface area contributed by atoms with Crippen LogP contribution in [0.3, 0.4) is 0 Å². The molecule has 150 valence electrons. The second-order valence-corrected chi connectivity index (χ2v) is 7.73. The van der Waals surface area contributed by atoms with Crippen LogP contribution in [0.2, 0.25) is 0 Å². The smallest absolute Gasteiger partial charge is 0.276 e. The van der Waals surface area contributed by atoms with Gasteiger partial charge in [-0.1, -0.05) is 60.3 Å². The first-order chi connectivity index (χ1) is 14.8. The molecular weight excluding hydrogens is 398 g/mol. The summed E-state index contributed by atoms with van der Waals surface area (Å²) in [5.74, 6) is 1.08. The first kappa shape index (κ1) is 19.9. The highest BCUT2D eigenvalue weighted by molar-refractivity contribution is 7.99. The molecule has 2 aromatic heterocycles.